The van der Waals surface area contributed by atoms with Gasteiger partial charge in [0.15, 0.2) is 0 Å². The summed E-state index contributed by atoms with van der Waals surface area (Å²) in [5, 5.41) is 9.69. The van der Waals surface area contributed by atoms with Crippen LogP contribution in [0.5, 0.6) is 0 Å². The SMILES string of the molecule is CN(C)Cc1nccn1-c1ccc(N2CCCC(O)C2=O)c(F)c1. The fourth-order valence-electron chi connectivity index (χ4n) is 2.93. The van der Waals surface area contributed by atoms with E-state index in [2.05, 4.69) is 4.98 Å². The van der Waals surface area contributed by atoms with E-state index in [9.17, 15) is 14.3 Å². The average Bonchev–Trinajstić information content (AvgIpc) is 2.98. The number of rotatable bonds is 4. The van der Waals surface area contributed by atoms with Crippen molar-refractivity contribution in [2.45, 2.75) is 25.5 Å². The molecule has 1 unspecified atom stereocenters. The molecule has 0 spiro atoms. The van der Waals surface area contributed by atoms with Crippen molar-refractivity contribution < 1.29 is 14.3 Å². The second-order valence-corrected chi connectivity index (χ2v) is 6.23. The Kier molecular flexibility index (Phi) is 4.64. The maximum absolute atomic E-state index is 14.6. The molecule has 1 aliphatic rings. The number of hydrogen-bond acceptors (Lipinski definition) is 4. The molecule has 2 aromatic rings. The Morgan fingerprint density at radius 2 is 2.21 bits per heavy atom. The van der Waals surface area contributed by atoms with Crippen LogP contribution < -0.4 is 4.90 Å². The molecule has 24 heavy (non-hydrogen) atoms. The van der Waals surface area contributed by atoms with Crippen molar-refractivity contribution in [2.75, 3.05) is 25.5 Å². The van der Waals surface area contributed by atoms with E-state index >= 15 is 0 Å². The zero-order valence-corrected chi connectivity index (χ0v) is 13.8. The number of anilines is 1. The van der Waals surface area contributed by atoms with Crippen LogP contribution >= 0.6 is 0 Å². The molecule has 3 rings (SSSR count). The lowest BCUT2D eigenvalue weighted by Gasteiger charge is -2.30. The van der Waals surface area contributed by atoms with Crippen molar-refractivity contribution in [1.29, 1.82) is 0 Å². The van der Waals surface area contributed by atoms with E-state index in [-0.39, 0.29) is 5.69 Å². The van der Waals surface area contributed by atoms with Crippen molar-refractivity contribution in [1.82, 2.24) is 14.5 Å². The first kappa shape index (κ1) is 16.6. The Morgan fingerprint density at radius 1 is 1.42 bits per heavy atom. The number of aromatic nitrogens is 2. The van der Waals surface area contributed by atoms with E-state index in [1.807, 2.05) is 23.6 Å². The number of amides is 1. The fraction of sp³-hybridized carbons (Fsp3) is 0.412. The van der Waals surface area contributed by atoms with Gasteiger partial charge in [-0.15, -0.1) is 0 Å². The van der Waals surface area contributed by atoms with E-state index < -0.39 is 17.8 Å². The molecule has 6 nitrogen and oxygen atoms in total. The Morgan fingerprint density at radius 3 is 2.92 bits per heavy atom. The number of carbonyl (C=O) groups excluding carboxylic acids is 1. The van der Waals surface area contributed by atoms with Crippen LogP contribution in [0, 0.1) is 5.82 Å². The normalized spacial score (nSPS) is 18.5. The molecule has 1 atom stereocenters. The lowest BCUT2D eigenvalue weighted by Crippen LogP contribution is -2.44. The van der Waals surface area contributed by atoms with Crippen LogP contribution in [0.25, 0.3) is 5.69 Å². The highest BCUT2D eigenvalue weighted by atomic mass is 19.1. The fourth-order valence-corrected chi connectivity index (χ4v) is 2.93. The van der Waals surface area contributed by atoms with Crippen LogP contribution in [0.15, 0.2) is 30.6 Å². The molecule has 0 bridgehead atoms. The molecule has 1 aromatic heterocycles. The van der Waals surface area contributed by atoms with Crippen LogP contribution in [0.1, 0.15) is 18.7 Å². The van der Waals surface area contributed by atoms with Crippen molar-refractivity contribution in [3.8, 4) is 5.69 Å². The highest BCUT2D eigenvalue weighted by Gasteiger charge is 2.29. The number of halogens is 1. The van der Waals surface area contributed by atoms with Gasteiger partial charge < -0.3 is 19.5 Å². The number of carbonyl (C=O) groups is 1. The molecule has 1 aliphatic heterocycles. The summed E-state index contributed by atoms with van der Waals surface area (Å²) in [6.07, 6.45) is 3.50. The first-order chi connectivity index (χ1) is 11.5. The van der Waals surface area contributed by atoms with Crippen molar-refractivity contribution >= 4 is 11.6 Å². The van der Waals surface area contributed by atoms with Crippen molar-refractivity contribution in [2.24, 2.45) is 0 Å². The van der Waals surface area contributed by atoms with E-state index in [0.29, 0.717) is 31.6 Å². The zero-order chi connectivity index (χ0) is 17.3. The first-order valence-electron chi connectivity index (χ1n) is 7.93. The summed E-state index contributed by atoms with van der Waals surface area (Å²) in [6.45, 7) is 1.05. The molecule has 128 valence electrons. The summed E-state index contributed by atoms with van der Waals surface area (Å²) >= 11 is 0. The molecule has 1 N–H and O–H groups in total. The van der Waals surface area contributed by atoms with Gasteiger partial charge in [-0.05, 0) is 39.1 Å². The lowest BCUT2D eigenvalue weighted by atomic mass is 10.1. The van der Waals surface area contributed by atoms with E-state index in [4.69, 9.17) is 0 Å². The predicted octanol–water partition coefficient (Wildman–Crippen LogP) is 1.56. The number of benzene rings is 1. The molecule has 1 aromatic carbocycles. The van der Waals surface area contributed by atoms with Crippen LogP contribution in [-0.2, 0) is 11.3 Å². The number of aliphatic hydroxyl groups is 1. The van der Waals surface area contributed by atoms with Gasteiger partial charge in [-0.25, -0.2) is 9.37 Å². The summed E-state index contributed by atoms with van der Waals surface area (Å²) < 4.78 is 16.4. The summed E-state index contributed by atoms with van der Waals surface area (Å²) in [5.41, 5.74) is 0.854. The van der Waals surface area contributed by atoms with Crippen LogP contribution in [0.3, 0.4) is 0 Å². The molecular weight excluding hydrogens is 311 g/mol. The van der Waals surface area contributed by atoms with Gasteiger partial charge in [-0.3, -0.25) is 4.79 Å². The molecule has 7 heteroatoms. The quantitative estimate of drug-likeness (QED) is 0.923. The Labute approximate surface area is 140 Å². The molecule has 1 amide bonds. The van der Waals surface area contributed by atoms with Crippen LogP contribution in [-0.4, -0.2) is 52.2 Å². The van der Waals surface area contributed by atoms with Gasteiger partial charge in [-0.1, -0.05) is 0 Å². The first-order valence-corrected chi connectivity index (χ1v) is 7.93. The smallest absolute Gasteiger partial charge is 0.255 e. The summed E-state index contributed by atoms with van der Waals surface area (Å²) in [7, 11) is 3.88. The maximum Gasteiger partial charge on any atom is 0.255 e. The Hall–Kier alpha value is -2.25. The number of piperidine rings is 1. The lowest BCUT2D eigenvalue weighted by molar-refractivity contribution is -0.128. The van der Waals surface area contributed by atoms with Crippen molar-refractivity contribution in [3.63, 3.8) is 0 Å². The van der Waals surface area contributed by atoms with Crippen LogP contribution in [0.2, 0.25) is 0 Å². The van der Waals surface area contributed by atoms with Gasteiger partial charge in [0.1, 0.15) is 17.7 Å². The summed E-state index contributed by atoms with van der Waals surface area (Å²) in [6, 6.07) is 4.73. The van der Waals surface area contributed by atoms with Gasteiger partial charge >= 0.3 is 0 Å². The molecule has 0 saturated carbocycles. The molecule has 2 heterocycles. The Bertz CT molecular complexity index is 744. The van der Waals surface area contributed by atoms with Gasteiger partial charge in [0, 0.05) is 30.7 Å². The second-order valence-electron chi connectivity index (χ2n) is 6.23. The molecule has 0 aliphatic carbocycles. The minimum absolute atomic E-state index is 0.205. The average molecular weight is 332 g/mol. The third-order valence-corrected chi connectivity index (χ3v) is 4.09. The molecule has 1 saturated heterocycles. The van der Waals surface area contributed by atoms with Crippen molar-refractivity contribution in [3.05, 3.63) is 42.2 Å². The predicted molar refractivity (Wildman–Crippen MR) is 88.5 cm³/mol. The number of hydrogen-bond donors (Lipinski definition) is 1. The maximum atomic E-state index is 14.6. The van der Waals surface area contributed by atoms with E-state index in [0.717, 1.165) is 5.82 Å². The monoisotopic (exact) mass is 332 g/mol. The summed E-state index contributed by atoms with van der Waals surface area (Å²) in [5.74, 6) is -0.125. The van der Waals surface area contributed by atoms with Gasteiger partial charge in [-0.2, -0.15) is 0 Å². The molecular formula is C17H21FN4O2. The van der Waals surface area contributed by atoms with Crippen LogP contribution in [0.4, 0.5) is 10.1 Å². The topological polar surface area (TPSA) is 61.6 Å². The Balaban J connectivity index is 1.91. The highest BCUT2D eigenvalue weighted by molar-refractivity contribution is 5.97. The zero-order valence-electron chi connectivity index (χ0n) is 13.8. The molecule has 1 fully saturated rings. The number of aliphatic hydroxyl groups excluding tert-OH is 1. The standard InChI is InChI=1S/C17H21FN4O2/c1-20(2)11-16-19-7-9-21(16)12-5-6-14(13(18)10-12)22-8-3-4-15(23)17(22)24/h5-7,9-10,15,23H,3-4,8,11H2,1-2H3. The minimum atomic E-state index is -1.04. The minimum Gasteiger partial charge on any atom is -0.383 e. The number of nitrogens with zero attached hydrogens (tertiary/aromatic N) is 4. The van der Waals surface area contributed by atoms with Gasteiger partial charge in [0.25, 0.3) is 5.91 Å². The van der Waals surface area contributed by atoms with E-state index in [1.54, 1.807) is 24.5 Å². The number of imidazole rings is 1. The van der Waals surface area contributed by atoms with Gasteiger partial charge in [0.2, 0.25) is 0 Å². The van der Waals surface area contributed by atoms with Gasteiger partial charge in [0.05, 0.1) is 12.2 Å². The van der Waals surface area contributed by atoms with E-state index in [1.165, 1.54) is 11.0 Å². The highest BCUT2D eigenvalue weighted by Crippen LogP contribution is 2.26. The molecule has 0 radical (unpaired) electrons. The second kappa shape index (κ2) is 6.70. The summed E-state index contributed by atoms with van der Waals surface area (Å²) in [4.78, 5) is 19.7. The third-order valence-electron chi connectivity index (χ3n) is 4.09. The third kappa shape index (κ3) is 3.18. The largest absolute Gasteiger partial charge is 0.383 e.